The minimum Gasteiger partial charge on any atom is -0.507 e. The number of methoxy groups -OCH3 is 1. The summed E-state index contributed by atoms with van der Waals surface area (Å²) in [5.74, 6) is 4.15. The number of ether oxygens (including phenoxy) is 5. The number of hydrogen-bond donors (Lipinski definition) is 9. The highest BCUT2D eigenvalue weighted by atomic mass is 79.9. The summed E-state index contributed by atoms with van der Waals surface area (Å²) in [6.07, 6.45) is 0.437. The van der Waals surface area contributed by atoms with Gasteiger partial charge in [-0.05, 0) is 154 Å². The number of esters is 1. The molecule has 0 saturated carbocycles. The first-order chi connectivity index (χ1) is 50.2. The Morgan fingerprint density at radius 1 is 0.561 bits per heavy atom. The predicted molar refractivity (Wildman–Crippen MR) is 392 cm³/mol. The van der Waals surface area contributed by atoms with Gasteiger partial charge in [-0.25, -0.2) is 46.1 Å². The molecule has 0 radical (unpaired) electrons. The van der Waals surface area contributed by atoms with Crippen LogP contribution in [0.3, 0.4) is 0 Å². The molecular weight excluding hydrogens is 1730 g/mol. The van der Waals surface area contributed by atoms with Crippen molar-refractivity contribution in [2.24, 2.45) is 5.90 Å². The number of phenols is 2. The smallest absolute Gasteiger partial charge is 0.507 e. The maximum absolute atomic E-state index is 12.3. The molecule has 0 saturated heterocycles. The standard InChI is InChI=1S/C19H12F3N3O3.C12H8BrN3O2.C8H7BrO3.C7H6BF3O3.C7H6BrNO3.C7H4BrNO2.C5H5ClN2.CH4.ClH.H3NO/c20-19(21,22)27-14-5-2-12(3-6-14)13-4-7-16-15(10-13)18(25-28-16)26-11-17-23-8-1-9-24-17;13-8-2-3-10-9(6-8)12(16-18-10)17-7-11-14-4-1-5-15-11;1-12-8(11)6-4-5(9)2-3-7(6)10;9-7(10,11)14-6-3-1-5(2-4-6)8(12)13;8-4-1-2-6(10)5(3-4)7(11)9-12;8-4-1-2-6-5(3-4)7(10)9-11-6;6-4-5-7-2-1-3-8-5;;;1-2/h1-10H,11H2;1-6H,7H2;2-4,10H,1H3;1-4,12-13H;1-3,10,12H,(H,9,11);1-3H,(H,9,10);1-3H,4H2;1H4;1H;2H,1H2. The Bertz CT molecular complexity index is 4860. The number of aromatic nitrogens is 9. The van der Waals surface area contributed by atoms with Crippen LogP contribution in [0, 0.1) is 0 Å². The van der Waals surface area contributed by atoms with Gasteiger partial charge in [-0.15, -0.1) is 50.4 Å². The van der Waals surface area contributed by atoms with Crippen molar-refractivity contribution in [3.63, 3.8) is 0 Å². The normalized spacial score (nSPS) is 10.3. The fraction of sp³-hybridized carbons (Fsp3) is 0.106. The fourth-order valence-electron chi connectivity index (χ4n) is 7.81. The van der Waals surface area contributed by atoms with Gasteiger partial charge in [0.15, 0.2) is 28.4 Å². The Labute approximate surface area is 645 Å². The largest absolute Gasteiger partial charge is 0.573 e. The van der Waals surface area contributed by atoms with E-state index in [9.17, 15) is 45.8 Å². The van der Waals surface area contributed by atoms with Crippen LogP contribution in [0.5, 0.6) is 34.8 Å². The summed E-state index contributed by atoms with van der Waals surface area (Å²) in [6, 6.07) is 40.1. The van der Waals surface area contributed by atoms with Gasteiger partial charge in [-0.1, -0.05) is 101 Å². The van der Waals surface area contributed by atoms with Gasteiger partial charge in [0.05, 0.1) is 34.7 Å². The molecule has 13 aromatic rings. The number of aromatic amines is 1. The molecule has 107 heavy (non-hydrogen) atoms. The Morgan fingerprint density at radius 2 is 0.953 bits per heavy atom. The Morgan fingerprint density at radius 3 is 1.39 bits per heavy atom. The number of carbonyl (C=O) groups is 2. The van der Waals surface area contributed by atoms with Gasteiger partial charge in [-0.2, -0.15) is 5.16 Å². The zero-order valence-corrected chi connectivity index (χ0v) is 61.5. The second-order valence-corrected chi connectivity index (χ2v) is 23.5. The topological polar surface area (TPSA) is 415 Å². The number of nitrogens with one attached hydrogen (secondary N) is 2. The molecule has 0 unspecified atom stereocenters. The van der Waals surface area contributed by atoms with Crippen LogP contribution in [0.2, 0.25) is 0 Å². The van der Waals surface area contributed by atoms with Crippen LogP contribution in [-0.2, 0) is 23.8 Å². The average molecular weight is 1790 g/mol. The van der Waals surface area contributed by atoms with Crippen LogP contribution >= 0.6 is 87.7 Å². The summed E-state index contributed by atoms with van der Waals surface area (Å²) in [4.78, 5) is 56.8. The second-order valence-electron chi connectivity index (χ2n) is 19.5. The molecular formula is C66H56BBr4Cl2F6N11O17. The van der Waals surface area contributed by atoms with Crippen LogP contribution in [0.4, 0.5) is 26.3 Å². The van der Waals surface area contributed by atoms with E-state index in [4.69, 9.17) is 60.2 Å². The van der Waals surface area contributed by atoms with Crippen molar-refractivity contribution >= 4 is 145 Å². The first-order valence-electron chi connectivity index (χ1n) is 28.8. The third kappa shape index (κ3) is 29.9. The Hall–Kier alpha value is -10.3. The summed E-state index contributed by atoms with van der Waals surface area (Å²) in [5.41, 5.74) is 4.76. The molecule has 0 spiro atoms. The van der Waals surface area contributed by atoms with Crippen LogP contribution < -0.4 is 41.3 Å². The van der Waals surface area contributed by atoms with Gasteiger partial charge in [0, 0.05) is 55.1 Å². The lowest BCUT2D eigenvalue weighted by atomic mass is 9.80. The monoisotopic (exact) mass is 1780 g/mol. The molecule has 6 heterocycles. The Balaban J connectivity index is 0.000000272. The molecule has 0 fully saturated rings. The van der Waals surface area contributed by atoms with Crippen LogP contribution in [-0.4, -0.2) is 115 Å². The van der Waals surface area contributed by atoms with Gasteiger partial charge in [0.2, 0.25) is 0 Å². The van der Waals surface area contributed by atoms with Crippen molar-refractivity contribution < 1.29 is 104 Å². The van der Waals surface area contributed by atoms with E-state index in [2.05, 4.69) is 129 Å². The maximum atomic E-state index is 12.3. The Kier molecular flexibility index (Phi) is 37.1. The zero-order valence-electron chi connectivity index (χ0n) is 53.6. The number of H-pyrrole nitrogens is 1. The number of fused-ring (bicyclic) bond motifs is 3. The zero-order chi connectivity index (χ0) is 76.6. The number of nitrogens with zero attached hydrogens (tertiary/aromatic N) is 8. The molecule has 0 bridgehead atoms. The molecule has 41 heteroatoms. The minimum absolute atomic E-state index is 0. The van der Waals surface area contributed by atoms with E-state index in [1.54, 1.807) is 97.8 Å². The number of hydrogen-bond acceptors (Lipinski definition) is 26. The van der Waals surface area contributed by atoms with Crippen molar-refractivity contribution in [2.45, 2.75) is 39.2 Å². The van der Waals surface area contributed by atoms with Crippen LogP contribution in [0.15, 0.2) is 231 Å². The highest BCUT2D eigenvalue weighted by molar-refractivity contribution is 9.11. The lowest BCUT2D eigenvalue weighted by molar-refractivity contribution is -0.275. The van der Waals surface area contributed by atoms with E-state index in [1.807, 2.05) is 24.3 Å². The first kappa shape index (κ1) is 89.1. The number of aromatic hydroxyl groups is 2. The van der Waals surface area contributed by atoms with Gasteiger partial charge in [0.25, 0.3) is 23.2 Å². The van der Waals surface area contributed by atoms with Crippen LogP contribution in [0.25, 0.3) is 44.0 Å². The van der Waals surface area contributed by atoms with E-state index >= 15 is 0 Å². The number of phenolic OH excluding ortho intramolecular Hbond substituents is 2. The van der Waals surface area contributed by atoms with Crippen molar-refractivity contribution in [3.8, 4) is 45.9 Å². The summed E-state index contributed by atoms with van der Waals surface area (Å²) in [6.45, 7) is 0.380. The molecule has 28 nitrogen and oxygen atoms in total. The highest BCUT2D eigenvalue weighted by Gasteiger charge is 2.32. The number of benzene rings is 7. The molecule has 10 N–H and O–H groups in total. The van der Waals surface area contributed by atoms with E-state index in [1.165, 1.54) is 61.1 Å². The van der Waals surface area contributed by atoms with Crippen molar-refractivity contribution in [3.05, 3.63) is 252 Å². The average Bonchev–Trinajstić information content (AvgIpc) is 1.72. The fourth-order valence-corrected chi connectivity index (χ4v) is 9.40. The number of halogens is 12. The summed E-state index contributed by atoms with van der Waals surface area (Å²) >= 11 is 18.4. The van der Waals surface area contributed by atoms with Gasteiger partial charge < -0.3 is 62.7 Å². The van der Waals surface area contributed by atoms with E-state index in [0.717, 1.165) is 48.6 Å². The van der Waals surface area contributed by atoms with Gasteiger partial charge in [-0.3, -0.25) is 14.8 Å². The molecule has 0 aliphatic heterocycles. The third-order valence-corrected chi connectivity index (χ3v) is 14.6. The second kappa shape index (κ2) is 44.6. The molecule has 0 aliphatic rings. The van der Waals surface area contributed by atoms with Crippen molar-refractivity contribution in [2.75, 3.05) is 7.11 Å². The predicted octanol–water partition coefficient (Wildman–Crippen LogP) is 14.7. The molecule has 0 aliphatic carbocycles. The lowest BCUT2D eigenvalue weighted by Gasteiger charge is -2.09. The summed E-state index contributed by atoms with van der Waals surface area (Å²) < 4.78 is 113. The van der Waals surface area contributed by atoms with Gasteiger partial charge >= 0.3 is 25.8 Å². The number of nitrogens with two attached hydrogens (primary N) is 1. The maximum Gasteiger partial charge on any atom is 0.573 e. The molecule has 1 amide bonds. The SMILES string of the molecule is Brc1ccc2onc(OCc3ncccn3)c2c1.C.COC(=O)c1cc(Br)ccc1O.Cl.ClCc1ncccn1.FC(F)(F)Oc1ccc(-c2ccc3onc(OCc4ncccn4)c3c2)cc1.NO.O=C(NO)c1cc(Br)ccc1O.O=c1[nH]oc2ccc(Br)cc12.OB(O)c1ccc(OC(F)(F)F)cc1. The van der Waals surface area contributed by atoms with Crippen LogP contribution in [0.1, 0.15) is 45.6 Å². The minimum atomic E-state index is -4.74. The lowest BCUT2D eigenvalue weighted by Crippen LogP contribution is -2.29. The molecule has 13 rings (SSSR count). The quantitative estimate of drug-likeness (QED) is 0.0129. The van der Waals surface area contributed by atoms with E-state index < -0.39 is 37.5 Å². The first-order valence-corrected chi connectivity index (χ1v) is 32.5. The highest BCUT2D eigenvalue weighted by Crippen LogP contribution is 2.33. The van der Waals surface area contributed by atoms with Gasteiger partial charge in [0.1, 0.15) is 47.6 Å². The molecule has 6 aromatic heterocycles. The van der Waals surface area contributed by atoms with Crippen molar-refractivity contribution in [1.82, 2.24) is 50.9 Å². The van der Waals surface area contributed by atoms with Crippen molar-refractivity contribution in [1.29, 1.82) is 0 Å². The number of alkyl halides is 7. The molecule has 0 atom stereocenters. The van der Waals surface area contributed by atoms with E-state index in [0.29, 0.717) is 66.8 Å². The number of carbonyl (C=O) groups excluding carboxylic acids is 2. The molecule has 7 aromatic carbocycles. The number of hydroxylamine groups is 1. The molecule has 564 valence electrons. The summed E-state index contributed by atoms with van der Waals surface area (Å²) in [5, 5.41) is 62.5. The third-order valence-electron chi connectivity index (χ3n) is 12.4. The number of rotatable bonds is 13. The summed E-state index contributed by atoms with van der Waals surface area (Å²) in [7, 11) is -0.433. The van der Waals surface area contributed by atoms with E-state index in [-0.39, 0.29) is 78.3 Å². The number of amides is 1.